The van der Waals surface area contributed by atoms with Crippen LogP contribution in [-0.2, 0) is 5.88 Å². The number of nitrogens with one attached hydrogen (secondary N) is 1. The third-order valence-electron chi connectivity index (χ3n) is 2.33. The number of pyridine rings is 1. The third kappa shape index (κ3) is 3.31. The minimum atomic E-state index is -0.175. The number of hydrogen-bond acceptors (Lipinski definition) is 2. The summed E-state index contributed by atoms with van der Waals surface area (Å²) in [6.07, 6.45) is 1.59. The number of amides is 1. The van der Waals surface area contributed by atoms with Gasteiger partial charge in [-0.2, -0.15) is 0 Å². The highest BCUT2D eigenvalue weighted by atomic mass is 79.9. The highest BCUT2D eigenvalue weighted by Crippen LogP contribution is 2.13. The van der Waals surface area contributed by atoms with Gasteiger partial charge in [0, 0.05) is 11.4 Å². The van der Waals surface area contributed by atoms with Gasteiger partial charge in [-0.15, -0.1) is 11.6 Å². The Kier molecular flexibility index (Phi) is 4.33. The lowest BCUT2D eigenvalue weighted by Crippen LogP contribution is -2.12. The molecule has 0 bridgehead atoms. The molecule has 0 saturated heterocycles. The molecular formula is C13H10BrClN2O. The van der Waals surface area contributed by atoms with E-state index in [1.54, 1.807) is 30.5 Å². The van der Waals surface area contributed by atoms with Crippen LogP contribution < -0.4 is 5.32 Å². The lowest BCUT2D eigenvalue weighted by Gasteiger charge is -2.05. The Hall–Kier alpha value is -1.39. The van der Waals surface area contributed by atoms with Gasteiger partial charge in [-0.1, -0.05) is 12.1 Å². The predicted octanol–water partition coefficient (Wildman–Crippen LogP) is 3.84. The Morgan fingerprint density at radius 1 is 1.33 bits per heavy atom. The van der Waals surface area contributed by atoms with Crippen LogP contribution in [0, 0.1) is 0 Å². The largest absolute Gasteiger partial charge is 0.321 e. The average molecular weight is 326 g/mol. The fraction of sp³-hybridized carbons (Fsp3) is 0.0769. The van der Waals surface area contributed by atoms with Crippen LogP contribution in [0.2, 0.25) is 0 Å². The number of halogens is 2. The summed E-state index contributed by atoms with van der Waals surface area (Å²) in [7, 11) is 0. The van der Waals surface area contributed by atoms with Crippen LogP contribution in [0.1, 0.15) is 15.9 Å². The first-order valence-corrected chi connectivity index (χ1v) is 6.59. The molecule has 18 heavy (non-hydrogen) atoms. The zero-order chi connectivity index (χ0) is 13.0. The fourth-order valence-electron chi connectivity index (χ4n) is 1.45. The molecule has 1 amide bonds. The summed E-state index contributed by atoms with van der Waals surface area (Å²) < 4.78 is 0.727. The zero-order valence-electron chi connectivity index (χ0n) is 9.36. The first-order valence-electron chi connectivity index (χ1n) is 5.27. The molecule has 0 aliphatic carbocycles. The summed E-state index contributed by atoms with van der Waals surface area (Å²) >= 11 is 8.97. The molecule has 1 N–H and O–H groups in total. The predicted molar refractivity (Wildman–Crippen MR) is 75.9 cm³/mol. The molecule has 0 saturated carbocycles. The smallest absolute Gasteiger partial charge is 0.255 e. The van der Waals surface area contributed by atoms with E-state index in [9.17, 15) is 4.79 Å². The van der Waals surface area contributed by atoms with Crippen LogP contribution in [0.5, 0.6) is 0 Å². The standard InChI is InChI=1S/C13H10BrClN2O/c14-12-5-4-11(8-16-12)17-13(18)10-3-1-2-9(6-10)7-15/h1-6,8H,7H2,(H,17,18). The van der Waals surface area contributed by atoms with Crippen LogP contribution in [0.15, 0.2) is 47.2 Å². The molecule has 0 unspecified atom stereocenters. The summed E-state index contributed by atoms with van der Waals surface area (Å²) in [6, 6.07) is 10.8. The molecule has 1 aromatic carbocycles. The number of alkyl halides is 1. The van der Waals surface area contributed by atoms with Crippen molar-refractivity contribution in [3.63, 3.8) is 0 Å². The molecule has 0 aliphatic heterocycles. The van der Waals surface area contributed by atoms with Crippen LogP contribution in [0.4, 0.5) is 5.69 Å². The number of carbonyl (C=O) groups is 1. The third-order valence-corrected chi connectivity index (χ3v) is 3.11. The zero-order valence-corrected chi connectivity index (χ0v) is 11.7. The number of aromatic nitrogens is 1. The first-order chi connectivity index (χ1) is 8.69. The van der Waals surface area contributed by atoms with Crippen molar-refractivity contribution in [2.45, 2.75) is 5.88 Å². The number of anilines is 1. The van der Waals surface area contributed by atoms with Gasteiger partial charge in [0.25, 0.3) is 5.91 Å². The summed E-state index contributed by atoms with van der Waals surface area (Å²) in [5.74, 6) is 0.215. The van der Waals surface area contributed by atoms with Crippen LogP contribution in [0.25, 0.3) is 0 Å². The highest BCUT2D eigenvalue weighted by molar-refractivity contribution is 9.10. The molecule has 0 fully saturated rings. The van der Waals surface area contributed by atoms with Crippen molar-refractivity contribution in [1.82, 2.24) is 4.98 Å². The Balaban J connectivity index is 2.14. The van der Waals surface area contributed by atoms with Gasteiger partial charge < -0.3 is 5.32 Å². The molecule has 0 aliphatic rings. The second-order valence-corrected chi connectivity index (χ2v) is 4.74. The summed E-state index contributed by atoms with van der Waals surface area (Å²) in [6.45, 7) is 0. The Labute approximate surface area is 118 Å². The SMILES string of the molecule is O=C(Nc1ccc(Br)nc1)c1cccc(CCl)c1. The van der Waals surface area contributed by atoms with E-state index >= 15 is 0 Å². The minimum Gasteiger partial charge on any atom is -0.321 e. The maximum absolute atomic E-state index is 12.0. The number of carbonyl (C=O) groups excluding carboxylic acids is 1. The topological polar surface area (TPSA) is 42.0 Å². The van der Waals surface area contributed by atoms with Crippen molar-refractivity contribution < 1.29 is 4.79 Å². The van der Waals surface area contributed by atoms with Gasteiger partial charge in [-0.25, -0.2) is 4.98 Å². The quantitative estimate of drug-likeness (QED) is 0.688. The molecular weight excluding hydrogens is 316 g/mol. The average Bonchev–Trinajstić information content (AvgIpc) is 2.41. The van der Waals surface area contributed by atoms with Gasteiger partial charge >= 0.3 is 0 Å². The molecule has 92 valence electrons. The normalized spacial score (nSPS) is 10.1. The lowest BCUT2D eigenvalue weighted by atomic mass is 10.1. The van der Waals surface area contributed by atoms with Crippen LogP contribution >= 0.6 is 27.5 Å². The lowest BCUT2D eigenvalue weighted by molar-refractivity contribution is 0.102. The van der Waals surface area contributed by atoms with Gasteiger partial charge in [0.15, 0.2) is 0 Å². The van der Waals surface area contributed by atoms with Crippen LogP contribution in [-0.4, -0.2) is 10.9 Å². The van der Waals surface area contributed by atoms with E-state index in [2.05, 4.69) is 26.2 Å². The van der Waals surface area contributed by atoms with E-state index in [0.29, 0.717) is 17.1 Å². The van der Waals surface area contributed by atoms with Gasteiger partial charge in [-0.3, -0.25) is 4.79 Å². The van der Waals surface area contributed by atoms with E-state index in [-0.39, 0.29) is 5.91 Å². The van der Waals surface area contributed by atoms with E-state index in [1.807, 2.05) is 12.1 Å². The maximum atomic E-state index is 12.0. The molecule has 0 atom stereocenters. The van der Waals surface area contributed by atoms with E-state index in [4.69, 9.17) is 11.6 Å². The molecule has 1 aromatic heterocycles. The second kappa shape index (κ2) is 5.98. The summed E-state index contributed by atoms with van der Waals surface area (Å²) in [4.78, 5) is 16.0. The van der Waals surface area contributed by atoms with E-state index < -0.39 is 0 Å². The van der Waals surface area contributed by atoms with Gasteiger partial charge in [0.1, 0.15) is 4.60 Å². The van der Waals surface area contributed by atoms with Crippen molar-refractivity contribution in [3.8, 4) is 0 Å². The molecule has 2 rings (SSSR count). The number of nitrogens with zero attached hydrogens (tertiary/aromatic N) is 1. The number of rotatable bonds is 3. The Morgan fingerprint density at radius 3 is 2.83 bits per heavy atom. The van der Waals surface area contributed by atoms with Gasteiger partial charge in [0.05, 0.1) is 11.9 Å². The van der Waals surface area contributed by atoms with Crippen molar-refractivity contribution in [1.29, 1.82) is 0 Å². The van der Waals surface area contributed by atoms with Crippen molar-refractivity contribution in [3.05, 3.63) is 58.3 Å². The Bertz CT molecular complexity index is 557. The summed E-state index contributed by atoms with van der Waals surface area (Å²) in [5.41, 5.74) is 2.15. The van der Waals surface area contributed by atoms with Gasteiger partial charge in [0.2, 0.25) is 0 Å². The second-order valence-electron chi connectivity index (χ2n) is 3.66. The summed E-state index contributed by atoms with van der Waals surface area (Å²) in [5, 5.41) is 2.77. The van der Waals surface area contributed by atoms with Crippen molar-refractivity contribution in [2.24, 2.45) is 0 Å². The van der Waals surface area contributed by atoms with Crippen LogP contribution in [0.3, 0.4) is 0 Å². The number of hydrogen-bond donors (Lipinski definition) is 1. The molecule has 0 radical (unpaired) electrons. The first kappa shape index (κ1) is 13.1. The minimum absolute atomic E-state index is 0.175. The molecule has 2 aromatic rings. The van der Waals surface area contributed by atoms with Gasteiger partial charge in [-0.05, 0) is 45.8 Å². The van der Waals surface area contributed by atoms with E-state index in [1.165, 1.54) is 0 Å². The molecule has 5 heteroatoms. The molecule has 0 spiro atoms. The number of benzene rings is 1. The maximum Gasteiger partial charge on any atom is 0.255 e. The van der Waals surface area contributed by atoms with Crippen molar-refractivity contribution in [2.75, 3.05) is 5.32 Å². The molecule has 1 heterocycles. The highest BCUT2D eigenvalue weighted by Gasteiger charge is 2.06. The van der Waals surface area contributed by atoms with E-state index in [0.717, 1.165) is 10.2 Å². The monoisotopic (exact) mass is 324 g/mol. The fourth-order valence-corrected chi connectivity index (χ4v) is 1.85. The Morgan fingerprint density at radius 2 is 2.17 bits per heavy atom. The van der Waals surface area contributed by atoms with Crippen molar-refractivity contribution >= 4 is 39.1 Å². The molecule has 3 nitrogen and oxygen atoms in total.